The van der Waals surface area contributed by atoms with Gasteiger partial charge in [0.2, 0.25) is 5.75 Å². The third-order valence-corrected chi connectivity index (χ3v) is 4.00. The Morgan fingerprint density at radius 2 is 1.69 bits per heavy atom. The monoisotopic (exact) mass is 405 g/mol. The smallest absolute Gasteiger partial charge is 0.270 e. The van der Waals surface area contributed by atoms with E-state index in [0.29, 0.717) is 41.8 Å². The van der Waals surface area contributed by atoms with E-state index in [9.17, 15) is 14.9 Å². The van der Waals surface area contributed by atoms with Crippen molar-refractivity contribution in [3.8, 4) is 17.2 Å². The molecule has 0 radical (unpaired) electrons. The molecule has 1 amide bonds. The maximum atomic E-state index is 12.9. The van der Waals surface area contributed by atoms with Crippen molar-refractivity contribution in [3.05, 3.63) is 46.0 Å². The molecule has 0 aliphatic rings. The molecule has 0 bridgehead atoms. The lowest BCUT2D eigenvalue weighted by Crippen LogP contribution is -2.17. The summed E-state index contributed by atoms with van der Waals surface area (Å²) in [6, 6.07) is 7.15. The number of benzene rings is 2. The van der Waals surface area contributed by atoms with E-state index in [-0.39, 0.29) is 11.3 Å². The van der Waals surface area contributed by atoms with Gasteiger partial charge in [0.25, 0.3) is 11.6 Å². The number of carbonyl (C=O) groups is 1. The van der Waals surface area contributed by atoms with Crippen molar-refractivity contribution in [1.82, 2.24) is 0 Å². The van der Waals surface area contributed by atoms with Crippen LogP contribution >= 0.6 is 0 Å². The quantitative estimate of drug-likeness (QED) is 0.352. The molecule has 0 spiro atoms. The van der Waals surface area contributed by atoms with Crippen molar-refractivity contribution in [1.29, 1.82) is 0 Å². The van der Waals surface area contributed by atoms with Crippen molar-refractivity contribution in [2.24, 2.45) is 0 Å². The molecule has 0 atom stereocenters. The highest BCUT2D eigenvalue weighted by molar-refractivity contribution is 6.08. The van der Waals surface area contributed by atoms with Gasteiger partial charge in [-0.3, -0.25) is 14.9 Å². The Bertz CT molecular complexity index is 861. The van der Waals surface area contributed by atoms with Crippen LogP contribution in [0.1, 0.15) is 10.4 Å². The Labute approximate surface area is 167 Å². The average Bonchev–Trinajstić information content (AvgIpc) is 2.72. The van der Waals surface area contributed by atoms with Gasteiger partial charge in [0.15, 0.2) is 11.5 Å². The van der Waals surface area contributed by atoms with E-state index < -0.39 is 10.8 Å². The minimum Gasteiger partial charge on any atom is -0.493 e. The second-order valence-corrected chi connectivity index (χ2v) is 5.77. The van der Waals surface area contributed by atoms with Gasteiger partial charge < -0.3 is 29.6 Å². The molecule has 29 heavy (non-hydrogen) atoms. The van der Waals surface area contributed by atoms with E-state index >= 15 is 0 Å². The predicted octanol–water partition coefficient (Wildman–Crippen LogP) is 2.93. The third-order valence-electron chi connectivity index (χ3n) is 4.00. The van der Waals surface area contributed by atoms with Gasteiger partial charge in [-0.15, -0.1) is 0 Å². The SMILES string of the molecule is COCCNc1ccc([N+](=O)[O-])cc1C(=O)Nc1cc(OC)c(OC)c(OC)c1. The Hall–Kier alpha value is -3.53. The molecule has 2 N–H and O–H groups in total. The number of non-ortho nitro benzene ring substituents is 1. The van der Waals surface area contributed by atoms with Gasteiger partial charge in [-0.25, -0.2) is 0 Å². The zero-order valence-electron chi connectivity index (χ0n) is 16.6. The van der Waals surface area contributed by atoms with Crippen molar-refractivity contribution in [3.63, 3.8) is 0 Å². The van der Waals surface area contributed by atoms with Crippen molar-refractivity contribution in [2.75, 3.05) is 52.2 Å². The molecule has 10 nitrogen and oxygen atoms in total. The number of ether oxygens (including phenoxy) is 4. The zero-order chi connectivity index (χ0) is 21.4. The van der Waals surface area contributed by atoms with Crippen LogP contribution < -0.4 is 24.8 Å². The molecule has 156 valence electrons. The van der Waals surface area contributed by atoms with Crippen molar-refractivity contribution in [2.45, 2.75) is 0 Å². The van der Waals surface area contributed by atoms with E-state index in [4.69, 9.17) is 18.9 Å². The minimum absolute atomic E-state index is 0.115. The first-order valence-electron chi connectivity index (χ1n) is 8.57. The molecular weight excluding hydrogens is 382 g/mol. The fourth-order valence-electron chi connectivity index (χ4n) is 2.63. The fraction of sp³-hybridized carbons (Fsp3) is 0.316. The summed E-state index contributed by atoms with van der Waals surface area (Å²) in [5, 5.41) is 16.9. The topological polar surface area (TPSA) is 121 Å². The fourth-order valence-corrected chi connectivity index (χ4v) is 2.63. The highest BCUT2D eigenvalue weighted by Crippen LogP contribution is 2.40. The summed E-state index contributed by atoms with van der Waals surface area (Å²) >= 11 is 0. The molecule has 0 saturated carbocycles. The number of nitrogens with one attached hydrogen (secondary N) is 2. The van der Waals surface area contributed by atoms with Gasteiger partial charge >= 0.3 is 0 Å². The molecular formula is C19H23N3O7. The van der Waals surface area contributed by atoms with Crippen LogP contribution in [0.2, 0.25) is 0 Å². The molecule has 2 rings (SSSR count). The lowest BCUT2D eigenvalue weighted by Gasteiger charge is -2.16. The van der Waals surface area contributed by atoms with Gasteiger partial charge in [0.1, 0.15) is 0 Å². The average molecular weight is 405 g/mol. The Balaban J connectivity index is 2.38. The van der Waals surface area contributed by atoms with Gasteiger partial charge in [-0.2, -0.15) is 0 Å². The number of amides is 1. The summed E-state index contributed by atoms with van der Waals surface area (Å²) in [5.74, 6) is 0.562. The lowest BCUT2D eigenvalue weighted by atomic mass is 10.1. The van der Waals surface area contributed by atoms with E-state index in [1.54, 1.807) is 19.2 Å². The van der Waals surface area contributed by atoms with Crippen molar-refractivity contribution >= 4 is 23.0 Å². The predicted molar refractivity (Wildman–Crippen MR) is 108 cm³/mol. The molecule has 0 aromatic heterocycles. The van der Waals surface area contributed by atoms with Crippen LogP contribution in [0.5, 0.6) is 17.2 Å². The molecule has 0 saturated heterocycles. The van der Waals surface area contributed by atoms with Crippen LogP contribution in [0, 0.1) is 10.1 Å². The molecule has 0 fully saturated rings. The summed E-state index contributed by atoms with van der Waals surface area (Å²) in [6.45, 7) is 0.837. The molecule has 2 aromatic rings. The van der Waals surface area contributed by atoms with Gasteiger partial charge in [-0.1, -0.05) is 0 Å². The molecule has 0 aliphatic heterocycles. The van der Waals surface area contributed by atoms with Gasteiger partial charge in [0, 0.05) is 49.3 Å². The highest BCUT2D eigenvalue weighted by atomic mass is 16.6. The van der Waals surface area contributed by atoms with Crippen LogP contribution in [-0.2, 0) is 4.74 Å². The Morgan fingerprint density at radius 3 is 2.21 bits per heavy atom. The first-order chi connectivity index (χ1) is 13.9. The van der Waals surface area contributed by atoms with Crippen LogP contribution in [0.25, 0.3) is 0 Å². The number of nitro benzene ring substituents is 1. The second kappa shape index (κ2) is 10.1. The normalized spacial score (nSPS) is 10.2. The first kappa shape index (κ1) is 21.8. The first-order valence-corrected chi connectivity index (χ1v) is 8.57. The Morgan fingerprint density at radius 1 is 1.03 bits per heavy atom. The third kappa shape index (κ3) is 5.26. The molecule has 0 unspecified atom stereocenters. The highest BCUT2D eigenvalue weighted by Gasteiger charge is 2.19. The van der Waals surface area contributed by atoms with E-state index in [0.717, 1.165) is 0 Å². The Kier molecular flexibility index (Phi) is 7.61. The summed E-state index contributed by atoms with van der Waals surface area (Å²) < 4.78 is 20.8. The number of hydrogen-bond acceptors (Lipinski definition) is 8. The van der Waals surface area contributed by atoms with E-state index in [1.165, 1.54) is 39.5 Å². The largest absolute Gasteiger partial charge is 0.493 e. The summed E-state index contributed by atoms with van der Waals surface area (Å²) in [5.41, 5.74) is 0.734. The summed E-state index contributed by atoms with van der Waals surface area (Å²) in [4.78, 5) is 23.4. The van der Waals surface area contributed by atoms with Crippen LogP contribution in [-0.4, -0.2) is 52.4 Å². The molecule has 10 heteroatoms. The van der Waals surface area contributed by atoms with Crippen LogP contribution in [0.15, 0.2) is 30.3 Å². The second-order valence-electron chi connectivity index (χ2n) is 5.77. The maximum absolute atomic E-state index is 12.9. The zero-order valence-corrected chi connectivity index (χ0v) is 16.6. The number of carbonyl (C=O) groups excluding carboxylic acids is 1. The van der Waals surface area contributed by atoms with Crippen molar-refractivity contribution < 1.29 is 28.7 Å². The number of hydrogen-bond donors (Lipinski definition) is 2. The van der Waals surface area contributed by atoms with Crippen LogP contribution in [0.3, 0.4) is 0 Å². The number of methoxy groups -OCH3 is 4. The van der Waals surface area contributed by atoms with E-state index in [1.807, 2.05) is 0 Å². The summed E-state index contributed by atoms with van der Waals surface area (Å²) in [6.07, 6.45) is 0. The molecule has 0 aliphatic carbocycles. The minimum atomic E-state index is -0.560. The van der Waals surface area contributed by atoms with Gasteiger partial charge in [0.05, 0.1) is 38.4 Å². The number of rotatable bonds is 10. The number of nitro groups is 1. The number of nitrogens with zero attached hydrogens (tertiary/aromatic N) is 1. The molecule has 2 aromatic carbocycles. The standard InChI is InChI=1S/C19H23N3O7/c1-26-8-7-20-15-6-5-13(22(24)25)11-14(15)19(23)21-12-9-16(27-2)18(29-4)17(10-12)28-3/h5-6,9-11,20H,7-8H2,1-4H3,(H,21,23). The summed E-state index contributed by atoms with van der Waals surface area (Å²) in [7, 11) is 5.94. The molecule has 0 heterocycles. The van der Waals surface area contributed by atoms with E-state index in [2.05, 4.69) is 10.6 Å². The number of anilines is 2. The van der Waals surface area contributed by atoms with Gasteiger partial charge in [-0.05, 0) is 6.07 Å². The van der Waals surface area contributed by atoms with Crippen LogP contribution in [0.4, 0.5) is 17.1 Å². The lowest BCUT2D eigenvalue weighted by molar-refractivity contribution is -0.384. The maximum Gasteiger partial charge on any atom is 0.270 e.